The summed E-state index contributed by atoms with van der Waals surface area (Å²) in [5, 5.41) is 6.49. The van der Waals surface area contributed by atoms with Crippen molar-refractivity contribution < 1.29 is 0 Å². The summed E-state index contributed by atoms with van der Waals surface area (Å²) in [7, 11) is 0. The summed E-state index contributed by atoms with van der Waals surface area (Å²) in [6.45, 7) is 0. The topological polar surface area (TPSA) is 23.9 Å². The SMILES string of the molecule is N=C/C=C\CI. The third-order valence-electron chi connectivity index (χ3n) is 0.321. The molecule has 0 aromatic rings. The summed E-state index contributed by atoms with van der Waals surface area (Å²) in [5.74, 6) is 0. The molecule has 0 saturated carbocycles. The van der Waals surface area contributed by atoms with Gasteiger partial charge < -0.3 is 5.41 Å². The van der Waals surface area contributed by atoms with Crippen LogP contribution in [0.4, 0.5) is 0 Å². The molecule has 1 N–H and O–H groups in total. The molecule has 0 radical (unpaired) electrons. The molecule has 0 fully saturated rings. The molecule has 0 spiro atoms. The van der Waals surface area contributed by atoms with Gasteiger partial charge in [-0.1, -0.05) is 28.7 Å². The lowest BCUT2D eigenvalue weighted by atomic mass is 10.6. The van der Waals surface area contributed by atoms with Crippen molar-refractivity contribution in [1.29, 1.82) is 5.41 Å². The maximum atomic E-state index is 6.49. The average molecular weight is 195 g/mol. The molecule has 2 heteroatoms. The zero-order valence-corrected chi connectivity index (χ0v) is 5.47. The Bertz CT molecular complexity index is 58.6. The van der Waals surface area contributed by atoms with Crippen molar-refractivity contribution in [2.45, 2.75) is 0 Å². The Labute approximate surface area is 51.1 Å². The van der Waals surface area contributed by atoms with Crippen molar-refractivity contribution >= 4 is 28.8 Å². The molecule has 0 saturated heterocycles. The number of hydrogen-bond donors (Lipinski definition) is 1. The predicted octanol–water partition coefficient (Wildman–Crippen LogP) is 1.63. The Morgan fingerprint density at radius 1 is 1.67 bits per heavy atom. The van der Waals surface area contributed by atoms with Gasteiger partial charge in [-0.2, -0.15) is 0 Å². The minimum Gasteiger partial charge on any atom is -0.309 e. The molecule has 6 heavy (non-hydrogen) atoms. The van der Waals surface area contributed by atoms with Gasteiger partial charge in [-0.25, -0.2) is 0 Å². The van der Waals surface area contributed by atoms with Crippen molar-refractivity contribution in [2.75, 3.05) is 4.43 Å². The Morgan fingerprint density at radius 2 is 2.33 bits per heavy atom. The molecule has 0 aromatic heterocycles. The van der Waals surface area contributed by atoms with Crippen LogP contribution in [0.2, 0.25) is 0 Å². The van der Waals surface area contributed by atoms with Gasteiger partial charge in [0.15, 0.2) is 0 Å². The number of rotatable bonds is 2. The summed E-state index contributed by atoms with van der Waals surface area (Å²) < 4.78 is 0.993. The quantitative estimate of drug-likeness (QED) is 0.393. The van der Waals surface area contributed by atoms with Crippen LogP contribution in [0, 0.1) is 5.41 Å². The fourth-order valence-corrected chi connectivity index (χ4v) is 0.413. The maximum Gasteiger partial charge on any atom is 0.0179 e. The average Bonchev–Trinajstić information content (AvgIpc) is 1.61. The lowest BCUT2D eigenvalue weighted by Crippen LogP contribution is -1.57. The highest BCUT2D eigenvalue weighted by Crippen LogP contribution is 1.78. The van der Waals surface area contributed by atoms with Crippen LogP contribution in [0.25, 0.3) is 0 Å². The lowest BCUT2D eigenvalue weighted by Gasteiger charge is -1.65. The van der Waals surface area contributed by atoms with E-state index in [-0.39, 0.29) is 0 Å². The molecule has 0 amide bonds. The minimum absolute atomic E-state index is 0.993. The van der Waals surface area contributed by atoms with Crippen LogP contribution in [0.3, 0.4) is 0 Å². The van der Waals surface area contributed by atoms with Crippen molar-refractivity contribution in [3.8, 4) is 0 Å². The second-order valence-corrected chi connectivity index (χ2v) is 1.63. The third-order valence-corrected chi connectivity index (χ3v) is 0.830. The molecular weight excluding hydrogens is 189 g/mol. The Balaban J connectivity index is 2.94. The van der Waals surface area contributed by atoms with Gasteiger partial charge in [0.05, 0.1) is 0 Å². The number of hydrogen-bond acceptors (Lipinski definition) is 1. The van der Waals surface area contributed by atoms with Crippen LogP contribution >= 0.6 is 22.6 Å². The summed E-state index contributed by atoms with van der Waals surface area (Å²) in [4.78, 5) is 0. The molecule has 0 bridgehead atoms. The van der Waals surface area contributed by atoms with E-state index in [1.807, 2.05) is 6.08 Å². The molecule has 1 nitrogen and oxygen atoms in total. The molecule has 0 aliphatic heterocycles. The zero-order chi connectivity index (χ0) is 4.83. The first-order chi connectivity index (χ1) is 2.91. The number of halogens is 1. The first kappa shape index (κ1) is 6.14. The van der Waals surface area contributed by atoms with E-state index in [4.69, 9.17) is 5.41 Å². The molecule has 0 heterocycles. The van der Waals surface area contributed by atoms with Gasteiger partial charge in [-0.15, -0.1) is 0 Å². The summed E-state index contributed by atoms with van der Waals surface area (Å²) in [6, 6.07) is 0. The highest BCUT2D eigenvalue weighted by molar-refractivity contribution is 14.1. The van der Waals surface area contributed by atoms with E-state index in [0.29, 0.717) is 0 Å². The van der Waals surface area contributed by atoms with E-state index >= 15 is 0 Å². The monoisotopic (exact) mass is 195 g/mol. The van der Waals surface area contributed by atoms with Gasteiger partial charge in [-0.05, 0) is 6.08 Å². The predicted molar refractivity (Wildman–Crippen MR) is 36.8 cm³/mol. The van der Waals surface area contributed by atoms with Crippen LogP contribution in [0.5, 0.6) is 0 Å². The summed E-state index contributed by atoms with van der Waals surface area (Å²) in [5.41, 5.74) is 0. The first-order valence-electron chi connectivity index (χ1n) is 1.63. The largest absolute Gasteiger partial charge is 0.309 e. The van der Waals surface area contributed by atoms with Crippen molar-refractivity contribution in [3.63, 3.8) is 0 Å². The van der Waals surface area contributed by atoms with Gasteiger partial charge in [0.2, 0.25) is 0 Å². The smallest absolute Gasteiger partial charge is 0.0179 e. The van der Waals surface area contributed by atoms with Crippen LogP contribution < -0.4 is 0 Å². The molecule has 0 aliphatic carbocycles. The molecule has 0 aliphatic rings. The van der Waals surface area contributed by atoms with Gasteiger partial charge in [0.25, 0.3) is 0 Å². The number of nitrogens with one attached hydrogen (secondary N) is 1. The van der Waals surface area contributed by atoms with Gasteiger partial charge in [0, 0.05) is 10.6 Å². The van der Waals surface area contributed by atoms with E-state index in [9.17, 15) is 0 Å². The van der Waals surface area contributed by atoms with Crippen LogP contribution in [-0.4, -0.2) is 10.6 Å². The third kappa shape index (κ3) is 4.14. The Kier molecular flexibility index (Phi) is 5.26. The molecular formula is C4H6IN. The highest BCUT2D eigenvalue weighted by Gasteiger charge is 1.57. The molecule has 0 rings (SSSR count). The minimum atomic E-state index is 0.993. The Hall–Kier alpha value is 0.140. The van der Waals surface area contributed by atoms with E-state index in [1.54, 1.807) is 6.08 Å². The Morgan fingerprint density at radius 3 is 2.50 bits per heavy atom. The van der Waals surface area contributed by atoms with Crippen molar-refractivity contribution in [3.05, 3.63) is 12.2 Å². The molecule has 0 aromatic carbocycles. The normalized spacial score (nSPS) is 9.50. The van der Waals surface area contributed by atoms with Gasteiger partial charge in [-0.3, -0.25) is 0 Å². The van der Waals surface area contributed by atoms with Crippen molar-refractivity contribution in [1.82, 2.24) is 0 Å². The van der Waals surface area contributed by atoms with E-state index in [0.717, 1.165) is 4.43 Å². The summed E-state index contributed by atoms with van der Waals surface area (Å²) >= 11 is 2.22. The summed E-state index contributed by atoms with van der Waals surface area (Å²) in [6.07, 6.45) is 4.92. The molecule has 0 unspecified atom stereocenters. The van der Waals surface area contributed by atoms with E-state index < -0.39 is 0 Å². The second-order valence-electron chi connectivity index (χ2n) is 0.749. The fraction of sp³-hybridized carbons (Fsp3) is 0.250. The second kappa shape index (κ2) is 5.14. The number of alkyl halides is 1. The highest BCUT2D eigenvalue weighted by atomic mass is 127. The standard InChI is InChI=1S/C4H6IN/c5-3-1-2-4-6/h1-2,4,6H,3H2/b2-1-,6-4?. The van der Waals surface area contributed by atoms with Crippen molar-refractivity contribution in [2.24, 2.45) is 0 Å². The van der Waals surface area contributed by atoms with Crippen LogP contribution in [0.1, 0.15) is 0 Å². The first-order valence-corrected chi connectivity index (χ1v) is 3.16. The molecule has 0 atom stereocenters. The van der Waals surface area contributed by atoms with E-state index in [2.05, 4.69) is 22.6 Å². The maximum absolute atomic E-state index is 6.49. The fourth-order valence-electron chi connectivity index (χ4n) is 0.119. The molecule has 34 valence electrons. The zero-order valence-electron chi connectivity index (χ0n) is 3.32. The van der Waals surface area contributed by atoms with Gasteiger partial charge in [0.1, 0.15) is 0 Å². The lowest BCUT2D eigenvalue weighted by molar-refractivity contribution is 1.58. The number of allylic oxidation sites excluding steroid dienone is 2. The van der Waals surface area contributed by atoms with E-state index in [1.165, 1.54) is 6.21 Å². The van der Waals surface area contributed by atoms with Crippen LogP contribution in [0.15, 0.2) is 12.2 Å². The van der Waals surface area contributed by atoms with Crippen LogP contribution in [-0.2, 0) is 0 Å². The van der Waals surface area contributed by atoms with Gasteiger partial charge >= 0.3 is 0 Å².